The van der Waals surface area contributed by atoms with E-state index >= 15 is 4.39 Å². The summed E-state index contributed by atoms with van der Waals surface area (Å²) >= 11 is 0. The van der Waals surface area contributed by atoms with Crippen molar-refractivity contribution in [1.29, 1.82) is 0 Å². The third-order valence-electron chi connectivity index (χ3n) is 8.19. The molecule has 1 aliphatic heterocycles. The van der Waals surface area contributed by atoms with Crippen molar-refractivity contribution in [2.75, 3.05) is 0 Å². The minimum Gasteiger partial charge on any atom is -0.207 e. The van der Waals surface area contributed by atoms with Crippen LogP contribution in [0.1, 0.15) is 82.6 Å². The number of benzene rings is 2. The predicted molar refractivity (Wildman–Crippen MR) is 123 cm³/mol. The molecule has 0 atom stereocenters. The maximum atomic E-state index is 15.5. The Morgan fingerprint density at radius 2 is 1.77 bits per heavy atom. The fourth-order valence-electron chi connectivity index (χ4n) is 6.38. The zero-order valence-electron chi connectivity index (χ0n) is 19.0. The van der Waals surface area contributed by atoms with Gasteiger partial charge in [-0.3, -0.25) is 0 Å². The number of aryl methyl sites for hydroxylation is 2. The Labute approximate surface area is 179 Å². The van der Waals surface area contributed by atoms with Gasteiger partial charge in [-0.25, -0.2) is 4.39 Å². The van der Waals surface area contributed by atoms with E-state index in [9.17, 15) is 0 Å². The van der Waals surface area contributed by atoms with Gasteiger partial charge in [0, 0.05) is 36.3 Å². The van der Waals surface area contributed by atoms with Gasteiger partial charge in [0.2, 0.25) is 5.69 Å². The Hall–Kier alpha value is -2.22. The molecule has 1 aromatic heterocycles. The first-order valence-corrected chi connectivity index (χ1v) is 11.7. The van der Waals surface area contributed by atoms with Gasteiger partial charge in [0.05, 0.1) is 10.9 Å². The summed E-state index contributed by atoms with van der Waals surface area (Å²) in [4.78, 5) is 0. The topological polar surface area (TPSA) is 3.88 Å². The van der Waals surface area contributed by atoms with Crippen molar-refractivity contribution < 1.29 is 8.96 Å². The second-order valence-corrected chi connectivity index (χ2v) is 9.86. The highest BCUT2D eigenvalue weighted by atomic mass is 19.1. The third-order valence-corrected chi connectivity index (χ3v) is 8.19. The van der Waals surface area contributed by atoms with E-state index in [0.29, 0.717) is 0 Å². The number of aromatic nitrogens is 1. The number of hydrogen-bond acceptors (Lipinski definition) is 0. The molecule has 0 saturated carbocycles. The smallest absolute Gasteiger partial charge is 0.207 e. The molecule has 0 spiro atoms. The first kappa shape index (κ1) is 19.7. The summed E-state index contributed by atoms with van der Waals surface area (Å²) < 4.78 is 18.0. The second-order valence-electron chi connectivity index (χ2n) is 9.86. The number of halogens is 1. The first-order valence-electron chi connectivity index (χ1n) is 11.7. The number of pyridine rings is 1. The van der Waals surface area contributed by atoms with Gasteiger partial charge < -0.3 is 0 Å². The zero-order valence-corrected chi connectivity index (χ0v) is 19.0. The minimum absolute atomic E-state index is 0.0638. The lowest BCUT2D eigenvalue weighted by Crippen LogP contribution is -2.57. The molecule has 5 rings (SSSR count). The number of hydrogen-bond donors (Lipinski definition) is 0. The molecule has 1 aliphatic carbocycles. The van der Waals surface area contributed by atoms with Crippen LogP contribution in [0.25, 0.3) is 22.0 Å². The number of rotatable bonds is 4. The summed E-state index contributed by atoms with van der Waals surface area (Å²) in [6.45, 7) is 11.3. The van der Waals surface area contributed by atoms with Crippen LogP contribution in [0, 0.1) is 5.82 Å². The average molecular weight is 403 g/mol. The normalized spacial score (nSPS) is 17.8. The van der Waals surface area contributed by atoms with Crippen molar-refractivity contribution in [2.45, 2.75) is 84.1 Å². The third kappa shape index (κ3) is 2.37. The van der Waals surface area contributed by atoms with E-state index in [1.54, 1.807) is 6.07 Å². The monoisotopic (exact) mass is 402 g/mol. The van der Waals surface area contributed by atoms with Crippen LogP contribution in [0.15, 0.2) is 36.5 Å². The first-order chi connectivity index (χ1) is 14.4. The quantitative estimate of drug-likeness (QED) is 0.414. The lowest BCUT2D eigenvalue weighted by atomic mass is 9.68. The summed E-state index contributed by atoms with van der Waals surface area (Å²) in [7, 11) is 0. The van der Waals surface area contributed by atoms with Gasteiger partial charge in [-0.1, -0.05) is 59.2 Å². The molecule has 1 nitrogen and oxygen atoms in total. The largest absolute Gasteiger partial charge is 0.221 e. The molecule has 2 aromatic carbocycles. The maximum absolute atomic E-state index is 15.5. The molecular formula is C28H33FN+. The summed E-state index contributed by atoms with van der Waals surface area (Å²) in [5.74, 6) is -0.0638. The van der Waals surface area contributed by atoms with Crippen molar-refractivity contribution in [1.82, 2.24) is 0 Å². The molecule has 0 fully saturated rings. The van der Waals surface area contributed by atoms with Crippen molar-refractivity contribution in [3.8, 4) is 11.3 Å². The van der Waals surface area contributed by atoms with E-state index in [1.165, 1.54) is 38.7 Å². The highest BCUT2D eigenvalue weighted by Crippen LogP contribution is 2.52. The molecule has 30 heavy (non-hydrogen) atoms. The average Bonchev–Trinajstić information content (AvgIpc) is 2.88. The Morgan fingerprint density at radius 3 is 2.47 bits per heavy atom. The second kappa shape index (κ2) is 6.64. The molecule has 2 heterocycles. The van der Waals surface area contributed by atoms with Crippen LogP contribution in [0.2, 0.25) is 0 Å². The van der Waals surface area contributed by atoms with Gasteiger partial charge in [0.25, 0.3) is 0 Å². The van der Waals surface area contributed by atoms with E-state index in [2.05, 4.69) is 69.6 Å². The fourth-order valence-corrected chi connectivity index (χ4v) is 6.38. The van der Waals surface area contributed by atoms with Gasteiger partial charge in [-0.15, -0.1) is 0 Å². The molecule has 156 valence electrons. The van der Waals surface area contributed by atoms with E-state index < -0.39 is 0 Å². The van der Waals surface area contributed by atoms with Crippen LogP contribution in [0.4, 0.5) is 4.39 Å². The summed E-state index contributed by atoms with van der Waals surface area (Å²) in [6, 6.07) is 10.7. The van der Waals surface area contributed by atoms with Crippen LogP contribution in [-0.2, 0) is 23.8 Å². The van der Waals surface area contributed by atoms with Crippen molar-refractivity contribution in [3.63, 3.8) is 0 Å². The van der Waals surface area contributed by atoms with E-state index in [1.807, 2.05) is 0 Å². The van der Waals surface area contributed by atoms with Crippen molar-refractivity contribution >= 4 is 10.8 Å². The molecule has 2 aliphatic rings. The van der Waals surface area contributed by atoms with Crippen LogP contribution in [-0.4, -0.2) is 0 Å². The zero-order chi connectivity index (χ0) is 21.3. The lowest BCUT2D eigenvalue weighted by molar-refractivity contribution is -0.756. The molecule has 0 bridgehead atoms. The standard InChI is InChI=1S/C28H33FN/c1-6-9-18-10-12-21-24-20(18)15-17-30-26(24)23-19(14-16-28(30,7-2)8-3)11-13-22(29)25(23)27(21,4)5/h10-13,15,17H,6-9,14,16H2,1-5H3/q+1. The minimum atomic E-state index is -0.351. The molecule has 0 saturated heterocycles. The highest BCUT2D eigenvalue weighted by molar-refractivity contribution is 6.02. The van der Waals surface area contributed by atoms with Gasteiger partial charge in [0.1, 0.15) is 5.82 Å². The van der Waals surface area contributed by atoms with Crippen LogP contribution in [0.5, 0.6) is 0 Å². The summed E-state index contributed by atoms with van der Waals surface area (Å²) in [5, 5.41) is 2.72. The molecule has 0 amide bonds. The predicted octanol–water partition coefficient (Wildman–Crippen LogP) is 6.99. The summed E-state index contributed by atoms with van der Waals surface area (Å²) in [5.41, 5.74) is 7.07. The Balaban J connectivity index is 2.04. The lowest BCUT2D eigenvalue weighted by Gasteiger charge is -2.36. The van der Waals surface area contributed by atoms with Gasteiger partial charge in [-0.2, -0.15) is 4.57 Å². The molecule has 0 radical (unpaired) electrons. The fraction of sp³-hybridized carbons (Fsp3) is 0.464. The van der Waals surface area contributed by atoms with Gasteiger partial charge in [0.15, 0.2) is 11.7 Å². The van der Waals surface area contributed by atoms with Crippen LogP contribution < -0.4 is 4.57 Å². The Morgan fingerprint density at radius 1 is 1.00 bits per heavy atom. The number of nitrogens with zero attached hydrogens (tertiary/aromatic N) is 1. The molecule has 3 aromatic rings. The maximum Gasteiger partial charge on any atom is 0.221 e. The van der Waals surface area contributed by atoms with Crippen molar-refractivity contribution in [3.05, 3.63) is 64.6 Å². The summed E-state index contributed by atoms with van der Waals surface area (Å²) in [6.07, 6.45) is 8.81. The van der Waals surface area contributed by atoms with Crippen LogP contribution >= 0.6 is 0 Å². The van der Waals surface area contributed by atoms with Crippen LogP contribution in [0.3, 0.4) is 0 Å². The van der Waals surface area contributed by atoms with Gasteiger partial charge in [-0.05, 0) is 41.0 Å². The van der Waals surface area contributed by atoms with E-state index in [0.717, 1.165) is 44.1 Å². The molecular weight excluding hydrogens is 369 g/mol. The highest BCUT2D eigenvalue weighted by Gasteiger charge is 2.48. The van der Waals surface area contributed by atoms with Crippen molar-refractivity contribution in [2.24, 2.45) is 0 Å². The molecule has 0 N–H and O–H groups in total. The Kier molecular flexibility index (Phi) is 4.36. The molecule has 2 heteroatoms. The van der Waals surface area contributed by atoms with Gasteiger partial charge >= 0.3 is 0 Å². The van der Waals surface area contributed by atoms with E-state index in [4.69, 9.17) is 0 Å². The Bertz CT molecular complexity index is 1170. The molecule has 0 unspecified atom stereocenters. The SMILES string of the molecule is CCCc1ccc2c3c4[n+](ccc13)C(CC)(CC)CCc1ccc(F)c(c1-4)C2(C)C. The van der Waals surface area contributed by atoms with E-state index in [-0.39, 0.29) is 16.8 Å².